The van der Waals surface area contributed by atoms with E-state index in [-0.39, 0.29) is 26.0 Å². The van der Waals surface area contributed by atoms with Crippen LogP contribution in [0.15, 0.2) is 0 Å². The average molecular weight is 702 g/mol. The maximum Gasteiger partial charge on any atom is 0.472 e. The van der Waals surface area contributed by atoms with Crippen LogP contribution in [0.4, 0.5) is 0 Å². The molecule has 0 unspecified atom stereocenters. The van der Waals surface area contributed by atoms with Crippen molar-refractivity contribution in [2.24, 2.45) is 0 Å². The van der Waals surface area contributed by atoms with Crippen LogP contribution in [-0.4, -0.2) is 53.2 Å². The Kier molecular flexibility index (Phi) is 66.4. The monoisotopic (exact) mass is 702 g/mol. The molecule has 0 heterocycles. The third-order valence-corrected chi connectivity index (χ3v) is 8.52. The minimum absolute atomic E-state index is 0. The van der Waals surface area contributed by atoms with Gasteiger partial charge in [-0.1, -0.05) is 181 Å². The lowest BCUT2D eigenvalue weighted by atomic mass is 10.0. The van der Waals surface area contributed by atoms with Crippen molar-refractivity contribution >= 4 is 7.82 Å². The first-order chi connectivity index (χ1) is 22.4. The molecule has 0 amide bonds. The van der Waals surface area contributed by atoms with Gasteiger partial charge in [0, 0.05) is 19.8 Å². The summed E-state index contributed by atoms with van der Waals surface area (Å²) in [7, 11) is -3.87. The van der Waals surface area contributed by atoms with E-state index in [2.05, 4.69) is 13.8 Å². The Morgan fingerprint density at radius 1 is 0.362 bits per heavy atom. The number of aliphatic hydroxyl groups excluding tert-OH is 3. The smallest absolute Gasteiger partial charge is 0.397 e. The Bertz CT molecular complexity index is 488. The second-order valence-corrected chi connectivity index (χ2v) is 13.7. The molecule has 0 aliphatic rings. The largest absolute Gasteiger partial charge is 0.472 e. The summed E-state index contributed by atoms with van der Waals surface area (Å²) in [6.07, 6.45) is 36.4. The van der Waals surface area contributed by atoms with Gasteiger partial charge in [0.2, 0.25) is 0 Å². The van der Waals surface area contributed by atoms with E-state index in [9.17, 15) is 9.46 Å². The quantitative estimate of drug-likeness (QED) is 0.0343. The standard InChI is InChI=1S/C32H67O4P.3C2H6O.H3N/c1-3-5-7-9-11-13-15-17-19-21-23-25-27-29-31-35-37(33,34)36-32-30-28-26-24-22-20-18-16-14-12-10-8-6-4-2;3*1-2-3;/h3-32H2,1-2H3,(H,33,34);3*3H,2H2,1H3;1H3. The molecule has 47 heavy (non-hydrogen) atoms. The molecule has 0 bridgehead atoms. The van der Waals surface area contributed by atoms with Gasteiger partial charge < -0.3 is 26.4 Å². The molecule has 0 spiro atoms. The Balaban J connectivity index is -0.000000523. The predicted octanol–water partition coefficient (Wildman–Crippen LogP) is 12.2. The number of hydrogen-bond acceptors (Lipinski definition) is 7. The van der Waals surface area contributed by atoms with Crippen LogP contribution in [0.25, 0.3) is 0 Å². The molecule has 0 aromatic heterocycles. The molecule has 0 aliphatic heterocycles. The van der Waals surface area contributed by atoms with E-state index in [1.165, 1.54) is 154 Å². The van der Waals surface area contributed by atoms with Crippen LogP contribution >= 0.6 is 7.82 Å². The highest BCUT2D eigenvalue weighted by Gasteiger charge is 2.19. The van der Waals surface area contributed by atoms with E-state index in [1.54, 1.807) is 20.8 Å². The van der Waals surface area contributed by atoms with Gasteiger partial charge in [-0.3, -0.25) is 9.05 Å². The zero-order chi connectivity index (χ0) is 35.2. The van der Waals surface area contributed by atoms with Crippen molar-refractivity contribution in [2.45, 2.75) is 214 Å². The minimum atomic E-state index is -3.87. The SMILES string of the molecule is CCCCCCCCCCCCCCCCOP(=O)(O)OCCCCCCCCCCCCCCCC.CCO.CCO.CCO.N. The molecule has 0 fully saturated rings. The highest BCUT2D eigenvalue weighted by molar-refractivity contribution is 7.47. The molecule has 0 atom stereocenters. The Morgan fingerprint density at radius 2 is 0.511 bits per heavy atom. The Morgan fingerprint density at radius 3 is 0.681 bits per heavy atom. The van der Waals surface area contributed by atoms with Crippen LogP contribution in [-0.2, 0) is 13.6 Å². The molecular formula is C38H88NO7P. The summed E-state index contributed by atoms with van der Waals surface area (Å²) >= 11 is 0. The van der Waals surface area contributed by atoms with Gasteiger partial charge in [0.05, 0.1) is 13.2 Å². The van der Waals surface area contributed by atoms with Crippen LogP contribution in [0.5, 0.6) is 0 Å². The van der Waals surface area contributed by atoms with Gasteiger partial charge in [-0.15, -0.1) is 0 Å². The van der Waals surface area contributed by atoms with E-state index < -0.39 is 7.82 Å². The topological polar surface area (TPSA) is 151 Å². The number of phosphoric ester groups is 1. The van der Waals surface area contributed by atoms with Crippen molar-refractivity contribution in [1.29, 1.82) is 0 Å². The number of aliphatic hydroxyl groups is 3. The lowest BCUT2D eigenvalue weighted by Gasteiger charge is -2.12. The van der Waals surface area contributed by atoms with Gasteiger partial charge in [0.1, 0.15) is 0 Å². The number of phosphoric acid groups is 1. The molecule has 0 saturated carbocycles. The van der Waals surface area contributed by atoms with Crippen molar-refractivity contribution in [2.75, 3.05) is 33.0 Å². The highest BCUT2D eigenvalue weighted by atomic mass is 31.2. The van der Waals surface area contributed by atoms with Crippen molar-refractivity contribution in [3.8, 4) is 0 Å². The maximum absolute atomic E-state index is 12.0. The number of rotatable bonds is 32. The zero-order valence-electron chi connectivity index (χ0n) is 32.5. The molecule has 0 aliphatic carbocycles. The van der Waals surface area contributed by atoms with Crippen LogP contribution in [0.2, 0.25) is 0 Å². The molecule has 7 N–H and O–H groups in total. The first kappa shape index (κ1) is 56.3. The van der Waals surface area contributed by atoms with Crippen LogP contribution in [0.3, 0.4) is 0 Å². The zero-order valence-corrected chi connectivity index (χ0v) is 33.4. The summed E-state index contributed by atoms with van der Waals surface area (Å²) in [6, 6.07) is 0. The fourth-order valence-electron chi connectivity index (χ4n) is 4.99. The van der Waals surface area contributed by atoms with E-state index in [4.69, 9.17) is 24.4 Å². The lowest BCUT2D eigenvalue weighted by molar-refractivity contribution is 0.145. The summed E-state index contributed by atoms with van der Waals surface area (Å²) in [4.78, 5) is 9.83. The van der Waals surface area contributed by atoms with Crippen LogP contribution < -0.4 is 6.15 Å². The first-order valence-corrected chi connectivity index (χ1v) is 21.3. The van der Waals surface area contributed by atoms with Crippen molar-refractivity contribution in [3.05, 3.63) is 0 Å². The van der Waals surface area contributed by atoms with E-state index in [1.807, 2.05) is 0 Å². The van der Waals surface area contributed by atoms with Gasteiger partial charge in [0.15, 0.2) is 0 Å². The average Bonchev–Trinajstić information content (AvgIpc) is 3.02. The van der Waals surface area contributed by atoms with Crippen molar-refractivity contribution in [1.82, 2.24) is 6.15 Å². The maximum atomic E-state index is 12.0. The molecular weight excluding hydrogens is 613 g/mol. The molecule has 0 saturated heterocycles. The summed E-state index contributed by atoms with van der Waals surface area (Å²) in [5.74, 6) is 0. The van der Waals surface area contributed by atoms with Crippen LogP contribution in [0, 0.1) is 0 Å². The van der Waals surface area contributed by atoms with Gasteiger partial charge in [-0.05, 0) is 33.6 Å². The minimum Gasteiger partial charge on any atom is -0.397 e. The highest BCUT2D eigenvalue weighted by Crippen LogP contribution is 2.43. The third-order valence-electron chi connectivity index (χ3n) is 7.50. The fraction of sp³-hybridized carbons (Fsp3) is 1.00. The van der Waals surface area contributed by atoms with E-state index in [0.717, 1.165) is 25.7 Å². The van der Waals surface area contributed by atoms with Gasteiger partial charge in [0.25, 0.3) is 0 Å². The fourth-order valence-corrected chi connectivity index (χ4v) is 5.78. The third kappa shape index (κ3) is 68.7. The summed E-state index contributed by atoms with van der Waals surface area (Å²) < 4.78 is 22.3. The molecule has 0 rings (SSSR count). The van der Waals surface area contributed by atoms with Crippen LogP contribution in [0.1, 0.15) is 214 Å². The molecule has 292 valence electrons. The van der Waals surface area contributed by atoms with E-state index >= 15 is 0 Å². The lowest BCUT2D eigenvalue weighted by Crippen LogP contribution is -1.99. The van der Waals surface area contributed by atoms with Gasteiger partial charge >= 0.3 is 7.82 Å². The number of unbranched alkanes of at least 4 members (excludes halogenated alkanes) is 26. The second kappa shape index (κ2) is 55.4. The summed E-state index contributed by atoms with van der Waals surface area (Å²) in [5, 5.41) is 22.7. The molecule has 0 aromatic rings. The van der Waals surface area contributed by atoms with Crippen molar-refractivity contribution in [3.63, 3.8) is 0 Å². The Labute approximate surface area is 294 Å². The number of hydrogen-bond donors (Lipinski definition) is 5. The summed E-state index contributed by atoms with van der Waals surface area (Å²) in [6.45, 7) is 11.0. The molecule has 0 aromatic carbocycles. The first-order valence-electron chi connectivity index (χ1n) is 19.8. The predicted molar refractivity (Wildman–Crippen MR) is 206 cm³/mol. The van der Waals surface area contributed by atoms with E-state index in [0.29, 0.717) is 13.2 Å². The second-order valence-electron chi connectivity index (χ2n) is 12.3. The van der Waals surface area contributed by atoms with Gasteiger partial charge in [-0.25, -0.2) is 4.57 Å². The summed E-state index contributed by atoms with van der Waals surface area (Å²) in [5.41, 5.74) is 0. The van der Waals surface area contributed by atoms with Crippen molar-refractivity contribution < 1.29 is 33.8 Å². The Hall–Kier alpha value is -0.0500. The molecule has 8 nitrogen and oxygen atoms in total. The molecule has 9 heteroatoms. The molecule has 0 radical (unpaired) electrons. The van der Waals surface area contributed by atoms with Gasteiger partial charge in [-0.2, -0.15) is 0 Å². The normalized spacial score (nSPS) is 10.6.